The molecule has 2 aliphatic rings. The van der Waals surface area contributed by atoms with E-state index < -0.39 is 0 Å². The number of aromatic nitrogens is 2. The molecule has 0 amide bonds. The molecule has 182 valence electrons. The third-order valence-electron chi connectivity index (χ3n) is 7.22. The predicted octanol–water partition coefficient (Wildman–Crippen LogP) is 7.11. The Bertz CT molecular complexity index is 1390. The normalized spacial score (nSPS) is 19.4. The highest BCUT2D eigenvalue weighted by Crippen LogP contribution is 2.46. The first-order valence-corrected chi connectivity index (χ1v) is 12.9. The molecule has 1 saturated heterocycles. The van der Waals surface area contributed by atoms with Crippen LogP contribution in [0.15, 0.2) is 79.0 Å². The molecule has 1 N–H and O–H groups in total. The second kappa shape index (κ2) is 9.10. The quantitative estimate of drug-likeness (QED) is 0.289. The van der Waals surface area contributed by atoms with E-state index in [0.717, 1.165) is 22.9 Å². The number of pyridine rings is 1. The second-order valence-corrected chi connectivity index (χ2v) is 10.2. The van der Waals surface area contributed by atoms with Crippen molar-refractivity contribution in [1.82, 2.24) is 14.9 Å². The van der Waals surface area contributed by atoms with Gasteiger partial charge in [-0.15, -0.1) is 0 Å². The Labute approximate surface area is 217 Å². The van der Waals surface area contributed by atoms with E-state index in [-0.39, 0.29) is 12.1 Å². The molecule has 1 saturated carbocycles. The first-order chi connectivity index (χ1) is 17.5. The third-order valence-corrected chi connectivity index (χ3v) is 7.54. The molecule has 1 aliphatic carbocycles. The molecule has 1 aliphatic heterocycles. The van der Waals surface area contributed by atoms with E-state index in [0.29, 0.717) is 11.2 Å². The van der Waals surface area contributed by atoms with Gasteiger partial charge in [-0.1, -0.05) is 23.8 Å². The molecule has 2 atom stereocenters. The fourth-order valence-electron chi connectivity index (χ4n) is 5.36. The van der Waals surface area contributed by atoms with Gasteiger partial charge in [-0.25, -0.2) is 0 Å². The molecule has 2 aromatic heterocycles. The highest BCUT2D eigenvalue weighted by molar-refractivity contribution is 7.80. The largest absolute Gasteiger partial charge is 0.457 e. The van der Waals surface area contributed by atoms with Crippen molar-refractivity contribution in [3.8, 4) is 11.5 Å². The number of nitrogens with one attached hydrogen (secondary N) is 1. The molecule has 5 nitrogen and oxygen atoms in total. The lowest BCUT2D eigenvalue weighted by Gasteiger charge is -2.28. The van der Waals surface area contributed by atoms with Crippen LogP contribution in [0.3, 0.4) is 0 Å². The molecular weight excluding hydrogens is 464 g/mol. The van der Waals surface area contributed by atoms with Crippen molar-refractivity contribution in [2.75, 3.05) is 4.90 Å². The summed E-state index contributed by atoms with van der Waals surface area (Å²) in [5, 5.41) is 4.29. The van der Waals surface area contributed by atoms with Gasteiger partial charge in [0.15, 0.2) is 5.11 Å². The summed E-state index contributed by atoms with van der Waals surface area (Å²) in [4.78, 5) is 6.94. The fraction of sp³-hybridized carbons (Fsp3) is 0.267. The van der Waals surface area contributed by atoms with Crippen LogP contribution in [0.4, 0.5) is 5.69 Å². The number of thiocarbonyl (C=S) groups is 1. The average Bonchev–Trinajstić information content (AvgIpc) is 3.60. The van der Waals surface area contributed by atoms with Gasteiger partial charge in [0.05, 0.1) is 17.8 Å². The van der Waals surface area contributed by atoms with Crippen LogP contribution in [0.1, 0.15) is 59.2 Å². The van der Waals surface area contributed by atoms with Gasteiger partial charge in [-0.3, -0.25) is 4.98 Å². The maximum Gasteiger partial charge on any atom is 0.174 e. The third kappa shape index (κ3) is 4.16. The molecule has 2 unspecified atom stereocenters. The van der Waals surface area contributed by atoms with Crippen LogP contribution in [0.5, 0.6) is 11.5 Å². The van der Waals surface area contributed by atoms with Crippen molar-refractivity contribution in [3.63, 3.8) is 0 Å². The van der Waals surface area contributed by atoms with Gasteiger partial charge in [0.1, 0.15) is 11.5 Å². The molecule has 3 heterocycles. The second-order valence-electron chi connectivity index (χ2n) is 9.83. The zero-order valence-electron chi connectivity index (χ0n) is 20.8. The van der Waals surface area contributed by atoms with E-state index in [9.17, 15) is 0 Å². The van der Waals surface area contributed by atoms with Gasteiger partial charge in [0.2, 0.25) is 0 Å². The van der Waals surface area contributed by atoms with E-state index >= 15 is 0 Å². The van der Waals surface area contributed by atoms with Gasteiger partial charge in [-0.2, -0.15) is 0 Å². The Morgan fingerprint density at radius 2 is 1.61 bits per heavy atom. The van der Waals surface area contributed by atoms with Crippen molar-refractivity contribution >= 4 is 23.0 Å². The fourth-order valence-corrected chi connectivity index (χ4v) is 5.71. The number of hydrogen-bond acceptors (Lipinski definition) is 3. The van der Waals surface area contributed by atoms with E-state index in [1.165, 1.54) is 35.4 Å². The number of hydrogen-bond donors (Lipinski definition) is 1. The van der Waals surface area contributed by atoms with Crippen LogP contribution in [-0.4, -0.2) is 14.7 Å². The smallest absolute Gasteiger partial charge is 0.174 e. The van der Waals surface area contributed by atoms with Crippen molar-refractivity contribution < 1.29 is 4.74 Å². The van der Waals surface area contributed by atoms with E-state index in [1.54, 1.807) is 0 Å². The number of benzene rings is 2. The zero-order chi connectivity index (χ0) is 24.8. The summed E-state index contributed by atoms with van der Waals surface area (Å²) >= 11 is 5.92. The van der Waals surface area contributed by atoms with E-state index in [2.05, 4.69) is 72.0 Å². The van der Waals surface area contributed by atoms with Crippen molar-refractivity contribution in [2.24, 2.45) is 0 Å². The van der Waals surface area contributed by atoms with Crippen molar-refractivity contribution in [2.45, 2.75) is 51.7 Å². The van der Waals surface area contributed by atoms with Crippen LogP contribution in [0.2, 0.25) is 0 Å². The number of anilines is 1. The number of nitrogens with zero attached hydrogens (tertiary/aromatic N) is 3. The minimum atomic E-state index is -0.0460. The van der Waals surface area contributed by atoms with Gasteiger partial charge < -0.3 is 19.5 Å². The Balaban J connectivity index is 1.37. The lowest BCUT2D eigenvalue weighted by molar-refractivity contribution is 0.482. The molecule has 2 fully saturated rings. The van der Waals surface area contributed by atoms with Gasteiger partial charge in [0, 0.05) is 29.3 Å². The van der Waals surface area contributed by atoms with Gasteiger partial charge in [0.25, 0.3) is 0 Å². The number of aryl methyl sites for hydroxylation is 2. The Hall–Kier alpha value is -3.64. The molecule has 6 heteroatoms. The standard InChI is InChI=1S/C30H30N4OS/c1-19-7-13-24(14-8-19)35-25-15-11-23(12-16-25)34-29(26-18-20(2)33(21(26)3)22-9-10-22)28(32-30(34)36)27-6-4-5-17-31-27/h4-8,11-18,22,28-29H,9-10H2,1-3H3,(H,32,36). The molecule has 0 radical (unpaired) electrons. The minimum absolute atomic E-state index is 0.00466. The molecule has 6 rings (SSSR count). The van der Waals surface area contributed by atoms with Gasteiger partial charge >= 0.3 is 0 Å². The molecule has 4 aromatic rings. The first-order valence-electron chi connectivity index (χ1n) is 12.5. The molecule has 36 heavy (non-hydrogen) atoms. The molecule has 0 bridgehead atoms. The highest BCUT2D eigenvalue weighted by atomic mass is 32.1. The van der Waals surface area contributed by atoms with Crippen LogP contribution in [0.25, 0.3) is 0 Å². The predicted molar refractivity (Wildman–Crippen MR) is 148 cm³/mol. The van der Waals surface area contributed by atoms with E-state index in [1.807, 2.05) is 42.6 Å². The Morgan fingerprint density at radius 1 is 0.917 bits per heavy atom. The summed E-state index contributed by atoms with van der Waals surface area (Å²) in [5.41, 5.74) is 7.15. The van der Waals surface area contributed by atoms with Gasteiger partial charge in [-0.05, 0) is 106 Å². The molecule has 2 aromatic carbocycles. The summed E-state index contributed by atoms with van der Waals surface area (Å²) < 4.78 is 8.57. The maximum absolute atomic E-state index is 6.07. The lowest BCUT2D eigenvalue weighted by atomic mass is 9.96. The SMILES string of the molecule is Cc1ccc(Oc2ccc(N3C(=S)NC(c4ccccn4)C3c3cc(C)n(C4CC4)c3C)cc2)cc1. The lowest BCUT2D eigenvalue weighted by Crippen LogP contribution is -2.29. The molecule has 0 spiro atoms. The van der Waals surface area contributed by atoms with Crippen molar-refractivity contribution in [3.05, 3.63) is 107 Å². The Morgan fingerprint density at radius 3 is 2.25 bits per heavy atom. The maximum atomic E-state index is 6.07. The zero-order valence-corrected chi connectivity index (χ0v) is 21.6. The average molecular weight is 495 g/mol. The summed E-state index contributed by atoms with van der Waals surface area (Å²) in [6.45, 7) is 6.53. The van der Waals surface area contributed by atoms with Crippen LogP contribution < -0.4 is 15.0 Å². The van der Waals surface area contributed by atoms with Crippen molar-refractivity contribution in [1.29, 1.82) is 0 Å². The molecular formula is C30H30N4OS. The van der Waals surface area contributed by atoms with Crippen LogP contribution >= 0.6 is 12.2 Å². The summed E-state index contributed by atoms with van der Waals surface area (Å²) in [5.74, 6) is 1.62. The minimum Gasteiger partial charge on any atom is -0.457 e. The summed E-state index contributed by atoms with van der Waals surface area (Å²) in [6, 6.07) is 25.3. The van der Waals surface area contributed by atoms with Crippen LogP contribution in [0, 0.1) is 20.8 Å². The van der Waals surface area contributed by atoms with Crippen LogP contribution in [-0.2, 0) is 0 Å². The number of ether oxygens (including phenoxy) is 1. The Kier molecular flexibility index (Phi) is 5.76. The first kappa shape index (κ1) is 22.8. The van der Waals surface area contributed by atoms with E-state index in [4.69, 9.17) is 21.9 Å². The number of rotatable bonds is 6. The highest BCUT2D eigenvalue weighted by Gasteiger charge is 2.43. The summed E-state index contributed by atoms with van der Waals surface area (Å²) in [7, 11) is 0. The topological polar surface area (TPSA) is 42.3 Å². The summed E-state index contributed by atoms with van der Waals surface area (Å²) in [6.07, 6.45) is 4.37. The monoisotopic (exact) mass is 494 g/mol.